The third-order valence-corrected chi connectivity index (χ3v) is 2.00. The molecule has 1 aliphatic rings. The molecule has 0 spiro atoms. The molecule has 2 N–H and O–H groups in total. The molecule has 2 unspecified atom stereocenters. The van der Waals surface area contributed by atoms with Crippen LogP contribution < -0.4 is 5.32 Å². The van der Waals surface area contributed by atoms with E-state index in [9.17, 15) is 9.59 Å². The molecule has 1 saturated heterocycles. The molecular formula is C7H11NO3. The van der Waals surface area contributed by atoms with Gasteiger partial charge in [0.05, 0.1) is 0 Å². The largest absolute Gasteiger partial charge is 0.480 e. The Morgan fingerprint density at radius 1 is 1.55 bits per heavy atom. The quantitative estimate of drug-likeness (QED) is 0.574. The summed E-state index contributed by atoms with van der Waals surface area (Å²) in [7, 11) is 0. The Kier molecular flexibility index (Phi) is 2.24. The molecule has 62 valence electrons. The summed E-state index contributed by atoms with van der Waals surface area (Å²) in [6.07, 6.45) is 0.435. The lowest BCUT2D eigenvalue weighted by Gasteiger charge is -2.01. The van der Waals surface area contributed by atoms with Gasteiger partial charge in [-0.05, 0) is 13.3 Å². The maximum absolute atomic E-state index is 10.8. The number of hydrogen-bond donors (Lipinski definition) is 2. The van der Waals surface area contributed by atoms with Gasteiger partial charge in [-0.1, -0.05) is 0 Å². The highest BCUT2D eigenvalue weighted by molar-refractivity contribution is 5.81. The summed E-state index contributed by atoms with van der Waals surface area (Å²) >= 11 is 0. The molecule has 0 amide bonds. The van der Waals surface area contributed by atoms with Gasteiger partial charge in [-0.2, -0.15) is 0 Å². The SMILES string of the molecule is CC(=O)C1CNC(C(=O)O)C1. The number of carbonyl (C=O) groups is 2. The minimum absolute atomic E-state index is 0.0706. The number of carbonyl (C=O) groups excluding carboxylic acids is 1. The van der Waals surface area contributed by atoms with Crippen molar-refractivity contribution in [3.05, 3.63) is 0 Å². The fraction of sp³-hybridized carbons (Fsp3) is 0.714. The monoisotopic (exact) mass is 157 g/mol. The zero-order chi connectivity index (χ0) is 8.43. The highest BCUT2D eigenvalue weighted by Crippen LogP contribution is 2.14. The molecule has 0 aromatic heterocycles. The van der Waals surface area contributed by atoms with E-state index in [4.69, 9.17) is 5.11 Å². The number of carboxylic acid groups (broad SMARTS) is 1. The van der Waals surface area contributed by atoms with Gasteiger partial charge in [0.2, 0.25) is 0 Å². The van der Waals surface area contributed by atoms with Crippen LogP contribution in [0.15, 0.2) is 0 Å². The molecule has 2 atom stereocenters. The van der Waals surface area contributed by atoms with Crippen LogP contribution in [-0.2, 0) is 9.59 Å². The van der Waals surface area contributed by atoms with Gasteiger partial charge in [-0.25, -0.2) is 0 Å². The van der Waals surface area contributed by atoms with Crippen LogP contribution in [0, 0.1) is 5.92 Å². The first kappa shape index (κ1) is 8.20. The number of Topliss-reactive ketones (excluding diaryl/α,β-unsaturated/α-hetero) is 1. The minimum atomic E-state index is -0.867. The molecule has 0 saturated carbocycles. The fourth-order valence-electron chi connectivity index (χ4n) is 1.23. The standard InChI is InChI=1S/C7H11NO3/c1-4(9)5-2-6(7(10)11)8-3-5/h5-6,8H,2-3H2,1H3,(H,10,11). The highest BCUT2D eigenvalue weighted by atomic mass is 16.4. The average Bonchev–Trinajstić information content (AvgIpc) is 2.33. The lowest BCUT2D eigenvalue weighted by Crippen LogP contribution is -2.29. The van der Waals surface area contributed by atoms with E-state index in [0.29, 0.717) is 13.0 Å². The molecule has 0 aromatic carbocycles. The number of ketones is 1. The van der Waals surface area contributed by atoms with Crippen molar-refractivity contribution in [3.63, 3.8) is 0 Å². The van der Waals surface area contributed by atoms with Crippen LogP contribution in [0.4, 0.5) is 0 Å². The zero-order valence-corrected chi connectivity index (χ0v) is 6.33. The highest BCUT2D eigenvalue weighted by Gasteiger charge is 2.31. The molecule has 11 heavy (non-hydrogen) atoms. The second kappa shape index (κ2) is 3.00. The van der Waals surface area contributed by atoms with Gasteiger partial charge in [-0.15, -0.1) is 0 Å². The second-order valence-electron chi connectivity index (χ2n) is 2.84. The molecule has 1 fully saturated rings. The topological polar surface area (TPSA) is 66.4 Å². The normalized spacial score (nSPS) is 30.3. The van der Waals surface area contributed by atoms with Gasteiger partial charge in [0.1, 0.15) is 11.8 Å². The smallest absolute Gasteiger partial charge is 0.320 e. The molecular weight excluding hydrogens is 146 g/mol. The van der Waals surface area contributed by atoms with Crippen LogP contribution in [0.1, 0.15) is 13.3 Å². The van der Waals surface area contributed by atoms with E-state index in [1.807, 2.05) is 0 Å². The lowest BCUT2D eigenvalue weighted by molar-refractivity contribution is -0.139. The Hall–Kier alpha value is -0.900. The summed E-state index contributed by atoms with van der Waals surface area (Å²) < 4.78 is 0. The summed E-state index contributed by atoms with van der Waals surface area (Å²) in [5.41, 5.74) is 0. The number of carboxylic acids is 1. The van der Waals surface area contributed by atoms with Crippen LogP contribution in [0.25, 0.3) is 0 Å². The fourth-order valence-corrected chi connectivity index (χ4v) is 1.23. The van der Waals surface area contributed by atoms with E-state index in [0.717, 1.165) is 0 Å². The van der Waals surface area contributed by atoms with Crippen molar-refractivity contribution >= 4 is 11.8 Å². The van der Waals surface area contributed by atoms with Crippen LogP contribution in [0.2, 0.25) is 0 Å². The first-order valence-corrected chi connectivity index (χ1v) is 3.58. The molecule has 1 aliphatic heterocycles. The Bertz CT molecular complexity index is 170. The van der Waals surface area contributed by atoms with Gasteiger partial charge in [-0.3, -0.25) is 9.59 Å². The Morgan fingerprint density at radius 2 is 2.18 bits per heavy atom. The van der Waals surface area contributed by atoms with Gasteiger partial charge in [0.25, 0.3) is 0 Å². The van der Waals surface area contributed by atoms with Crippen molar-refractivity contribution in [2.24, 2.45) is 5.92 Å². The van der Waals surface area contributed by atoms with Crippen molar-refractivity contribution in [1.29, 1.82) is 0 Å². The predicted molar refractivity (Wildman–Crippen MR) is 38.2 cm³/mol. The number of hydrogen-bond acceptors (Lipinski definition) is 3. The van der Waals surface area contributed by atoms with Crippen LogP contribution >= 0.6 is 0 Å². The van der Waals surface area contributed by atoms with Gasteiger partial charge >= 0.3 is 5.97 Å². The summed E-state index contributed by atoms with van der Waals surface area (Å²) in [5, 5.41) is 11.3. The Morgan fingerprint density at radius 3 is 2.45 bits per heavy atom. The number of rotatable bonds is 2. The lowest BCUT2D eigenvalue weighted by atomic mass is 10.0. The van der Waals surface area contributed by atoms with E-state index in [2.05, 4.69) is 5.32 Å². The second-order valence-corrected chi connectivity index (χ2v) is 2.84. The van der Waals surface area contributed by atoms with E-state index in [-0.39, 0.29) is 11.7 Å². The Labute approximate surface area is 64.6 Å². The van der Waals surface area contributed by atoms with Gasteiger partial charge in [0.15, 0.2) is 0 Å². The van der Waals surface area contributed by atoms with E-state index in [1.165, 1.54) is 6.92 Å². The third-order valence-electron chi connectivity index (χ3n) is 2.00. The summed E-state index contributed by atoms with van der Waals surface area (Å²) in [4.78, 5) is 21.2. The van der Waals surface area contributed by atoms with E-state index < -0.39 is 12.0 Å². The first-order chi connectivity index (χ1) is 5.11. The third kappa shape index (κ3) is 1.77. The molecule has 0 radical (unpaired) electrons. The first-order valence-electron chi connectivity index (χ1n) is 3.58. The maximum atomic E-state index is 10.8. The van der Waals surface area contributed by atoms with Gasteiger partial charge in [0, 0.05) is 12.5 Å². The van der Waals surface area contributed by atoms with Crippen LogP contribution in [-0.4, -0.2) is 29.4 Å². The summed E-state index contributed by atoms with van der Waals surface area (Å²) in [6, 6.07) is -0.524. The number of aliphatic carboxylic acids is 1. The molecule has 0 aromatic rings. The summed E-state index contributed by atoms with van der Waals surface area (Å²) in [6.45, 7) is 2.00. The average molecular weight is 157 g/mol. The molecule has 1 heterocycles. The van der Waals surface area contributed by atoms with Crippen molar-refractivity contribution in [2.45, 2.75) is 19.4 Å². The maximum Gasteiger partial charge on any atom is 0.320 e. The molecule has 1 rings (SSSR count). The van der Waals surface area contributed by atoms with Crippen molar-refractivity contribution in [2.75, 3.05) is 6.54 Å². The zero-order valence-electron chi connectivity index (χ0n) is 6.33. The summed E-state index contributed by atoms with van der Waals surface area (Å²) in [5.74, 6) is -0.897. The van der Waals surface area contributed by atoms with Crippen LogP contribution in [0.3, 0.4) is 0 Å². The molecule has 0 aliphatic carbocycles. The molecule has 0 bridgehead atoms. The van der Waals surface area contributed by atoms with Crippen molar-refractivity contribution in [1.82, 2.24) is 5.32 Å². The minimum Gasteiger partial charge on any atom is -0.480 e. The van der Waals surface area contributed by atoms with E-state index in [1.54, 1.807) is 0 Å². The Balaban J connectivity index is 2.47. The van der Waals surface area contributed by atoms with Gasteiger partial charge < -0.3 is 10.4 Å². The van der Waals surface area contributed by atoms with Crippen molar-refractivity contribution in [3.8, 4) is 0 Å². The number of nitrogens with one attached hydrogen (secondary N) is 1. The molecule has 4 heteroatoms. The van der Waals surface area contributed by atoms with Crippen molar-refractivity contribution < 1.29 is 14.7 Å². The molecule has 4 nitrogen and oxygen atoms in total. The van der Waals surface area contributed by atoms with Crippen LogP contribution in [0.5, 0.6) is 0 Å². The predicted octanol–water partition coefficient (Wildman–Crippen LogP) is -0.362. The van der Waals surface area contributed by atoms with E-state index >= 15 is 0 Å².